The summed E-state index contributed by atoms with van der Waals surface area (Å²) in [5.74, 6) is 21.8. The SMILES string of the molecule is CCOP(C)c1cc(C#Cc2ccc(OC)cc2)cc(CN2CCN(CC3=NC(P(C)OCC)CC(C#Cc4ccc(OC)cc4)=C3)CCN(Cc3cc(C#Cc4ccc(OCC(=O)OC)cc4)cc(P(C)(=O)OCC)n3)CC2)n1. The summed E-state index contributed by atoms with van der Waals surface area (Å²) in [5.41, 5.74) is 8.98. The van der Waals surface area contributed by atoms with Crippen LogP contribution in [0.3, 0.4) is 0 Å². The zero-order valence-corrected chi connectivity index (χ0v) is 50.2. The Kier molecular flexibility index (Phi) is 23.9. The van der Waals surface area contributed by atoms with E-state index in [9.17, 15) is 9.36 Å². The summed E-state index contributed by atoms with van der Waals surface area (Å²) in [7, 11) is -0.493. The first-order valence-electron chi connectivity index (χ1n) is 26.8. The number of esters is 1. The second kappa shape index (κ2) is 31.1. The molecule has 1 saturated heterocycles. The number of rotatable bonds is 20. The predicted octanol–water partition coefficient (Wildman–Crippen LogP) is 8.94. The summed E-state index contributed by atoms with van der Waals surface area (Å²) in [4.78, 5) is 34.6. The van der Waals surface area contributed by atoms with E-state index < -0.39 is 29.6 Å². The van der Waals surface area contributed by atoms with Gasteiger partial charge in [0, 0.05) is 119 Å². The molecule has 1 fully saturated rings. The molecule has 420 valence electrons. The van der Waals surface area contributed by atoms with E-state index in [4.69, 9.17) is 47.5 Å². The van der Waals surface area contributed by atoms with Gasteiger partial charge in [0.1, 0.15) is 22.7 Å². The summed E-state index contributed by atoms with van der Waals surface area (Å²) in [6.07, 6.45) is 2.88. The third-order valence-electron chi connectivity index (χ3n) is 13.0. The second-order valence-electron chi connectivity index (χ2n) is 19.0. The molecule has 80 heavy (non-hydrogen) atoms. The topological polar surface area (TPSA) is 147 Å². The summed E-state index contributed by atoms with van der Waals surface area (Å²) in [6.45, 7) is 19.1. The number of ether oxygens (including phenoxy) is 4. The van der Waals surface area contributed by atoms with Gasteiger partial charge < -0.3 is 32.5 Å². The average Bonchev–Trinajstić information content (AvgIpc) is 3.55. The maximum Gasteiger partial charge on any atom is 0.343 e. The molecular weight excluding hydrogens is 1070 g/mol. The monoisotopic (exact) mass is 1140 g/mol. The lowest BCUT2D eigenvalue weighted by atomic mass is 10.1. The van der Waals surface area contributed by atoms with E-state index in [0.29, 0.717) is 62.6 Å². The number of methoxy groups -OCH3 is 3. The molecule has 0 radical (unpaired) electrons. The molecule has 4 heterocycles. The van der Waals surface area contributed by atoms with Crippen molar-refractivity contribution >= 4 is 46.2 Å². The lowest BCUT2D eigenvalue weighted by Crippen LogP contribution is -2.39. The van der Waals surface area contributed by atoms with E-state index >= 15 is 0 Å². The maximum atomic E-state index is 14.1. The van der Waals surface area contributed by atoms with Gasteiger partial charge in [-0.2, -0.15) is 0 Å². The van der Waals surface area contributed by atoms with Crippen LogP contribution < -0.4 is 25.1 Å². The van der Waals surface area contributed by atoms with E-state index in [2.05, 4.69) is 81.8 Å². The van der Waals surface area contributed by atoms with Gasteiger partial charge in [0.2, 0.25) is 7.37 Å². The largest absolute Gasteiger partial charge is 0.497 e. The van der Waals surface area contributed by atoms with Crippen molar-refractivity contribution in [3.63, 3.8) is 0 Å². The van der Waals surface area contributed by atoms with E-state index in [-0.39, 0.29) is 19.0 Å². The molecule has 5 aromatic rings. The van der Waals surface area contributed by atoms with E-state index in [1.54, 1.807) is 39.1 Å². The first-order valence-corrected chi connectivity index (χ1v) is 32.4. The molecule has 0 saturated carbocycles. The van der Waals surface area contributed by atoms with Gasteiger partial charge >= 0.3 is 5.97 Å². The van der Waals surface area contributed by atoms with Gasteiger partial charge in [-0.15, -0.1) is 0 Å². The van der Waals surface area contributed by atoms with Crippen LogP contribution in [0.15, 0.2) is 114 Å². The molecule has 2 aliphatic heterocycles. The van der Waals surface area contributed by atoms with E-state index in [1.165, 1.54) is 7.11 Å². The number of benzene rings is 3. The highest BCUT2D eigenvalue weighted by Gasteiger charge is 2.26. The quantitative estimate of drug-likeness (QED) is 0.0415. The van der Waals surface area contributed by atoms with Crippen LogP contribution in [-0.4, -0.2) is 156 Å². The smallest absolute Gasteiger partial charge is 0.343 e. The maximum absolute atomic E-state index is 14.1. The van der Waals surface area contributed by atoms with Gasteiger partial charge in [-0.25, -0.2) is 14.8 Å². The molecule has 7 rings (SSSR count). The summed E-state index contributed by atoms with van der Waals surface area (Å²) in [5, 5.41) is 0. The first-order chi connectivity index (χ1) is 38.7. The van der Waals surface area contributed by atoms with Crippen molar-refractivity contribution < 1.29 is 41.9 Å². The molecule has 0 amide bonds. The molecular formula is C62H73N6O9P3. The Morgan fingerprint density at radius 2 is 1.10 bits per heavy atom. The van der Waals surface area contributed by atoms with Crippen LogP contribution in [0.1, 0.15) is 66.4 Å². The van der Waals surface area contributed by atoms with Crippen LogP contribution in [0.25, 0.3) is 0 Å². The Hall–Kier alpha value is -6.23. The standard InChI is InChI=1S/C62H73N6O9P3/c1-10-75-78(7)59-40-50(16-13-47-19-25-56(71-4)26-20-47)37-53(63-59)43-66-31-32-67(44-54-38-51(41-60(64-54)79(8)76-11-2)17-14-48-21-27-57(72-5)28-22-48)34-36-68(35-33-66)45-55-39-52(42-61(65-55)80(9,70)77-12-3)18-15-49-23-29-58(30-24-49)74-46-62(69)73-6/h19-30,37-40,42,60H,10-12,31-36,41,43-46H2,1-9H3. The highest BCUT2D eigenvalue weighted by Crippen LogP contribution is 2.44. The highest BCUT2D eigenvalue weighted by atomic mass is 31.2. The zero-order chi connectivity index (χ0) is 56.9. The number of aromatic nitrogens is 2. The van der Waals surface area contributed by atoms with Gasteiger partial charge in [-0.05, 0) is 137 Å². The predicted molar refractivity (Wildman–Crippen MR) is 322 cm³/mol. The first kappa shape index (κ1) is 61.4. The van der Waals surface area contributed by atoms with Gasteiger partial charge in [0.15, 0.2) is 6.61 Å². The number of pyridine rings is 2. The van der Waals surface area contributed by atoms with Crippen LogP contribution in [0, 0.1) is 35.5 Å². The normalized spacial score (nSPS) is 16.6. The third kappa shape index (κ3) is 19.2. The molecule has 2 aromatic heterocycles. The molecule has 18 heteroatoms. The Balaban J connectivity index is 1.21. The molecule has 0 aliphatic carbocycles. The Bertz CT molecular complexity index is 3180. The second-order valence-corrected chi connectivity index (χ2v) is 25.0. The lowest BCUT2D eigenvalue weighted by Gasteiger charge is -2.29. The van der Waals surface area contributed by atoms with E-state index in [0.717, 1.165) is 94.6 Å². The van der Waals surface area contributed by atoms with Crippen molar-refractivity contribution in [2.24, 2.45) is 4.99 Å². The average molecular weight is 1140 g/mol. The minimum absolute atomic E-state index is 0.0231. The molecule has 0 bridgehead atoms. The summed E-state index contributed by atoms with van der Waals surface area (Å²) >= 11 is 0. The Morgan fingerprint density at radius 3 is 1.61 bits per heavy atom. The molecule has 4 unspecified atom stereocenters. The van der Waals surface area contributed by atoms with Crippen LogP contribution in [-0.2, 0) is 40.8 Å². The Labute approximate surface area is 475 Å². The molecule has 0 N–H and O–H groups in total. The van der Waals surface area contributed by atoms with Gasteiger partial charge in [0.25, 0.3) is 0 Å². The number of hydrogen-bond donors (Lipinski definition) is 0. The number of carbonyl (C=O) groups excluding carboxylic acids is 1. The lowest BCUT2D eigenvalue weighted by molar-refractivity contribution is -0.142. The number of nitrogens with zero attached hydrogens (tertiary/aromatic N) is 6. The molecule has 2 aliphatic rings. The molecule has 3 aromatic carbocycles. The van der Waals surface area contributed by atoms with Crippen LogP contribution in [0.4, 0.5) is 0 Å². The van der Waals surface area contributed by atoms with Crippen LogP contribution >= 0.6 is 23.7 Å². The minimum Gasteiger partial charge on any atom is -0.497 e. The van der Waals surface area contributed by atoms with Crippen molar-refractivity contribution in [3.05, 3.63) is 148 Å². The number of aliphatic imine (C=N–C) groups is 1. The van der Waals surface area contributed by atoms with E-state index in [1.807, 2.05) is 87.5 Å². The van der Waals surface area contributed by atoms with Crippen LogP contribution in [0.5, 0.6) is 17.2 Å². The molecule has 15 nitrogen and oxygen atoms in total. The number of hydrogen-bond acceptors (Lipinski definition) is 15. The fourth-order valence-electron chi connectivity index (χ4n) is 8.77. The van der Waals surface area contributed by atoms with Crippen molar-refractivity contribution in [2.75, 3.05) is 114 Å². The minimum atomic E-state index is -3.31. The van der Waals surface area contributed by atoms with Crippen molar-refractivity contribution in [2.45, 2.75) is 46.1 Å². The van der Waals surface area contributed by atoms with Crippen molar-refractivity contribution in [1.29, 1.82) is 0 Å². The van der Waals surface area contributed by atoms with Crippen molar-refractivity contribution in [3.8, 4) is 52.8 Å². The summed E-state index contributed by atoms with van der Waals surface area (Å²) in [6, 6.07) is 30.6. The van der Waals surface area contributed by atoms with Gasteiger partial charge in [-0.1, -0.05) is 35.5 Å². The summed E-state index contributed by atoms with van der Waals surface area (Å²) < 4.78 is 53.3. The fraction of sp³-hybridized carbons (Fsp3) is 0.387. The van der Waals surface area contributed by atoms with Crippen molar-refractivity contribution in [1.82, 2.24) is 24.7 Å². The fourth-order valence-corrected chi connectivity index (χ4v) is 12.5. The highest BCUT2D eigenvalue weighted by molar-refractivity contribution is 7.66. The van der Waals surface area contributed by atoms with Gasteiger partial charge in [-0.3, -0.25) is 24.3 Å². The third-order valence-corrected chi connectivity index (χ3v) is 18.2. The number of dihydropyridines is 1. The molecule has 0 spiro atoms. The Morgan fingerprint density at radius 1 is 0.613 bits per heavy atom. The number of carbonyl (C=O) groups is 1. The van der Waals surface area contributed by atoms with Crippen LogP contribution in [0.2, 0.25) is 0 Å². The zero-order valence-electron chi connectivity index (χ0n) is 47.5. The van der Waals surface area contributed by atoms with Gasteiger partial charge in [0.05, 0.1) is 72.6 Å². The molecule has 4 atom stereocenters.